The van der Waals surface area contributed by atoms with Crippen LogP contribution in [-0.4, -0.2) is 22.6 Å². The maximum Gasteiger partial charge on any atom is 0.203 e. The number of hydrogen-bond acceptors (Lipinski definition) is 4. The summed E-state index contributed by atoms with van der Waals surface area (Å²) in [5, 5.41) is 18.6. The number of ketones is 1. The number of carbonyl (C=O) groups excluding carboxylic acids is 1. The topological polar surface area (TPSA) is 66.8 Å². The summed E-state index contributed by atoms with van der Waals surface area (Å²) in [4.78, 5) is 11.8. The number of halogens is 1. The SMILES string of the molecule is O=C(COc1ccc(F)cc1)c1ccc(O)cc1O. The molecule has 0 heterocycles. The van der Waals surface area contributed by atoms with Crippen LogP contribution in [0.1, 0.15) is 10.4 Å². The number of phenols is 2. The van der Waals surface area contributed by atoms with Crippen LogP contribution in [0.2, 0.25) is 0 Å². The van der Waals surface area contributed by atoms with Gasteiger partial charge in [-0.25, -0.2) is 4.39 Å². The Morgan fingerprint density at radius 1 is 1.11 bits per heavy atom. The molecule has 2 aromatic rings. The second-order valence-corrected chi connectivity index (χ2v) is 3.87. The van der Waals surface area contributed by atoms with Gasteiger partial charge in [-0.2, -0.15) is 0 Å². The van der Waals surface area contributed by atoms with Crippen molar-refractivity contribution < 1.29 is 24.1 Å². The highest BCUT2D eigenvalue weighted by molar-refractivity contribution is 5.99. The van der Waals surface area contributed by atoms with Gasteiger partial charge in [0.2, 0.25) is 5.78 Å². The van der Waals surface area contributed by atoms with Gasteiger partial charge >= 0.3 is 0 Å². The lowest BCUT2D eigenvalue weighted by molar-refractivity contribution is 0.0919. The molecule has 0 radical (unpaired) electrons. The molecule has 0 aliphatic carbocycles. The molecule has 0 fully saturated rings. The molecule has 2 N–H and O–H groups in total. The molecular weight excluding hydrogens is 251 g/mol. The molecule has 0 bridgehead atoms. The minimum Gasteiger partial charge on any atom is -0.508 e. The standard InChI is InChI=1S/C14H11FO4/c15-9-1-4-11(5-2-9)19-8-14(18)12-6-3-10(16)7-13(12)17/h1-7,16-17H,8H2. The highest BCUT2D eigenvalue weighted by atomic mass is 19.1. The Bertz CT molecular complexity index is 593. The van der Waals surface area contributed by atoms with Crippen molar-refractivity contribution in [1.29, 1.82) is 0 Å². The van der Waals surface area contributed by atoms with Crippen molar-refractivity contribution in [2.24, 2.45) is 0 Å². The summed E-state index contributed by atoms with van der Waals surface area (Å²) < 4.78 is 17.8. The van der Waals surface area contributed by atoms with Crippen LogP contribution in [0.4, 0.5) is 4.39 Å². The van der Waals surface area contributed by atoms with Crippen LogP contribution in [-0.2, 0) is 0 Å². The Labute approximate surface area is 108 Å². The number of aromatic hydroxyl groups is 2. The van der Waals surface area contributed by atoms with Crippen molar-refractivity contribution in [3.8, 4) is 17.2 Å². The Morgan fingerprint density at radius 2 is 1.79 bits per heavy atom. The molecule has 0 aliphatic heterocycles. The van der Waals surface area contributed by atoms with Crippen LogP contribution in [0, 0.1) is 5.82 Å². The monoisotopic (exact) mass is 262 g/mol. The largest absolute Gasteiger partial charge is 0.508 e. The Kier molecular flexibility index (Phi) is 3.66. The van der Waals surface area contributed by atoms with Crippen molar-refractivity contribution in [3.05, 3.63) is 53.8 Å². The van der Waals surface area contributed by atoms with Crippen molar-refractivity contribution >= 4 is 5.78 Å². The number of phenolic OH excluding ortho intramolecular Hbond substituents is 2. The predicted octanol–water partition coefficient (Wildman–Crippen LogP) is 2.50. The third-order valence-corrected chi connectivity index (χ3v) is 2.47. The normalized spacial score (nSPS) is 10.2. The molecule has 98 valence electrons. The van der Waals surface area contributed by atoms with Crippen LogP contribution in [0.25, 0.3) is 0 Å². The molecule has 0 saturated carbocycles. The average molecular weight is 262 g/mol. The molecule has 19 heavy (non-hydrogen) atoms. The number of Topliss-reactive ketones (excluding diaryl/α,β-unsaturated/α-hetero) is 1. The number of carbonyl (C=O) groups is 1. The zero-order valence-corrected chi connectivity index (χ0v) is 9.84. The van der Waals surface area contributed by atoms with Crippen LogP contribution in [0.15, 0.2) is 42.5 Å². The molecule has 2 rings (SSSR count). The molecule has 0 saturated heterocycles. The Hall–Kier alpha value is -2.56. The minimum absolute atomic E-state index is 0.0555. The van der Waals surface area contributed by atoms with E-state index in [9.17, 15) is 14.3 Å². The predicted molar refractivity (Wildman–Crippen MR) is 66.0 cm³/mol. The lowest BCUT2D eigenvalue weighted by Gasteiger charge is -2.07. The van der Waals surface area contributed by atoms with Gasteiger partial charge in [0, 0.05) is 6.07 Å². The molecule has 0 amide bonds. The first-order chi connectivity index (χ1) is 9.06. The van der Waals surface area contributed by atoms with E-state index in [1.807, 2.05) is 0 Å². The second kappa shape index (κ2) is 5.39. The fraction of sp³-hybridized carbons (Fsp3) is 0.0714. The summed E-state index contributed by atoms with van der Waals surface area (Å²) >= 11 is 0. The van der Waals surface area contributed by atoms with E-state index in [1.165, 1.54) is 36.4 Å². The third kappa shape index (κ3) is 3.22. The lowest BCUT2D eigenvalue weighted by Crippen LogP contribution is -2.11. The van der Waals surface area contributed by atoms with E-state index in [0.717, 1.165) is 6.07 Å². The van der Waals surface area contributed by atoms with Gasteiger partial charge in [-0.05, 0) is 36.4 Å². The number of hydrogen-bond donors (Lipinski definition) is 2. The summed E-state index contributed by atoms with van der Waals surface area (Å²) in [6.07, 6.45) is 0. The zero-order chi connectivity index (χ0) is 13.8. The molecule has 5 heteroatoms. The first kappa shape index (κ1) is 12.9. The van der Waals surface area contributed by atoms with Gasteiger partial charge in [-0.1, -0.05) is 0 Å². The van der Waals surface area contributed by atoms with E-state index in [4.69, 9.17) is 9.84 Å². The molecule has 0 aliphatic rings. The summed E-state index contributed by atoms with van der Waals surface area (Å²) in [5.41, 5.74) is 0.0555. The smallest absolute Gasteiger partial charge is 0.203 e. The van der Waals surface area contributed by atoms with Crippen molar-refractivity contribution in [3.63, 3.8) is 0 Å². The molecule has 4 nitrogen and oxygen atoms in total. The van der Waals surface area contributed by atoms with Gasteiger partial charge in [-0.3, -0.25) is 4.79 Å². The quantitative estimate of drug-likeness (QED) is 0.831. The fourth-order valence-corrected chi connectivity index (χ4v) is 1.51. The minimum atomic E-state index is -0.443. The van der Waals surface area contributed by atoms with Crippen molar-refractivity contribution in [2.75, 3.05) is 6.61 Å². The highest BCUT2D eigenvalue weighted by Crippen LogP contribution is 2.23. The van der Waals surface area contributed by atoms with Crippen LogP contribution >= 0.6 is 0 Å². The highest BCUT2D eigenvalue weighted by Gasteiger charge is 2.12. The van der Waals surface area contributed by atoms with Gasteiger partial charge < -0.3 is 14.9 Å². The second-order valence-electron chi connectivity index (χ2n) is 3.87. The lowest BCUT2D eigenvalue weighted by atomic mass is 10.1. The average Bonchev–Trinajstić information content (AvgIpc) is 2.37. The molecule has 2 aromatic carbocycles. The van der Waals surface area contributed by atoms with Gasteiger partial charge in [0.25, 0.3) is 0 Å². The maximum absolute atomic E-state index is 12.7. The molecule has 0 aromatic heterocycles. The summed E-state index contributed by atoms with van der Waals surface area (Å²) in [6, 6.07) is 8.92. The first-order valence-corrected chi connectivity index (χ1v) is 5.50. The number of ether oxygens (including phenoxy) is 1. The molecular formula is C14H11FO4. The first-order valence-electron chi connectivity index (χ1n) is 5.50. The van der Waals surface area contributed by atoms with Crippen LogP contribution in [0.5, 0.6) is 17.2 Å². The van der Waals surface area contributed by atoms with Gasteiger partial charge in [0.1, 0.15) is 23.1 Å². The summed E-state index contributed by atoms with van der Waals surface area (Å²) in [7, 11) is 0. The maximum atomic E-state index is 12.7. The molecule has 0 atom stereocenters. The van der Waals surface area contributed by atoms with E-state index in [-0.39, 0.29) is 23.7 Å². The van der Waals surface area contributed by atoms with E-state index in [1.54, 1.807) is 0 Å². The van der Waals surface area contributed by atoms with Gasteiger partial charge in [-0.15, -0.1) is 0 Å². The summed E-state index contributed by atoms with van der Waals surface area (Å²) in [6.45, 7) is -0.288. The number of benzene rings is 2. The Balaban J connectivity index is 2.03. The van der Waals surface area contributed by atoms with Crippen molar-refractivity contribution in [1.82, 2.24) is 0 Å². The number of rotatable bonds is 4. The van der Waals surface area contributed by atoms with E-state index in [0.29, 0.717) is 5.75 Å². The molecule has 0 unspecified atom stereocenters. The van der Waals surface area contributed by atoms with E-state index >= 15 is 0 Å². The Morgan fingerprint density at radius 3 is 2.42 bits per heavy atom. The summed E-state index contributed by atoms with van der Waals surface area (Å²) in [5.74, 6) is -0.925. The molecule has 0 spiro atoms. The third-order valence-electron chi connectivity index (χ3n) is 2.47. The van der Waals surface area contributed by atoms with Crippen LogP contribution < -0.4 is 4.74 Å². The van der Waals surface area contributed by atoms with Gasteiger partial charge in [0.05, 0.1) is 5.56 Å². The zero-order valence-electron chi connectivity index (χ0n) is 9.84. The van der Waals surface area contributed by atoms with E-state index in [2.05, 4.69) is 0 Å². The van der Waals surface area contributed by atoms with E-state index < -0.39 is 11.6 Å². The van der Waals surface area contributed by atoms with Gasteiger partial charge in [0.15, 0.2) is 6.61 Å². The fourth-order valence-electron chi connectivity index (χ4n) is 1.51. The van der Waals surface area contributed by atoms with Crippen LogP contribution in [0.3, 0.4) is 0 Å². The van der Waals surface area contributed by atoms with Crippen molar-refractivity contribution in [2.45, 2.75) is 0 Å².